The van der Waals surface area contributed by atoms with E-state index in [9.17, 15) is 13.9 Å². The lowest BCUT2D eigenvalue weighted by molar-refractivity contribution is 0.00210. The van der Waals surface area contributed by atoms with Crippen molar-refractivity contribution in [3.8, 4) is 0 Å². The van der Waals surface area contributed by atoms with Gasteiger partial charge < -0.3 is 14.6 Å². The molecular formula is C11H20F2O3. The summed E-state index contributed by atoms with van der Waals surface area (Å²) in [5.74, 6) is 0. The Bertz CT molecular complexity index is 173. The van der Waals surface area contributed by atoms with E-state index in [2.05, 4.69) is 0 Å². The molecule has 0 aromatic rings. The van der Waals surface area contributed by atoms with Crippen LogP contribution < -0.4 is 0 Å². The molecule has 3 nitrogen and oxygen atoms in total. The van der Waals surface area contributed by atoms with Crippen molar-refractivity contribution in [3.63, 3.8) is 0 Å². The van der Waals surface area contributed by atoms with E-state index in [-0.39, 0.29) is 12.7 Å². The first kappa shape index (κ1) is 13.8. The standard InChI is InChI=1S/C11H20F2O3/c12-11(13)8-15-7-5-9(14)3-4-10-2-1-6-16-10/h9-11,14H,1-8H2. The van der Waals surface area contributed by atoms with E-state index >= 15 is 0 Å². The Kier molecular flexibility index (Phi) is 6.84. The molecule has 1 aliphatic heterocycles. The molecule has 16 heavy (non-hydrogen) atoms. The largest absolute Gasteiger partial charge is 0.393 e. The highest BCUT2D eigenvalue weighted by atomic mass is 19.3. The lowest BCUT2D eigenvalue weighted by Gasteiger charge is -2.13. The fourth-order valence-electron chi connectivity index (χ4n) is 1.79. The van der Waals surface area contributed by atoms with Crippen LogP contribution in [-0.2, 0) is 9.47 Å². The van der Waals surface area contributed by atoms with Gasteiger partial charge in [0.25, 0.3) is 6.43 Å². The highest BCUT2D eigenvalue weighted by Gasteiger charge is 2.16. The van der Waals surface area contributed by atoms with Crippen LogP contribution in [0.1, 0.15) is 32.1 Å². The number of hydrogen-bond acceptors (Lipinski definition) is 3. The van der Waals surface area contributed by atoms with Crippen LogP contribution in [0.3, 0.4) is 0 Å². The third-order valence-electron chi connectivity index (χ3n) is 2.69. The number of rotatable bonds is 8. The minimum Gasteiger partial charge on any atom is -0.393 e. The zero-order chi connectivity index (χ0) is 11.8. The van der Waals surface area contributed by atoms with E-state index in [4.69, 9.17) is 9.47 Å². The molecule has 96 valence electrons. The molecule has 1 heterocycles. The Morgan fingerprint density at radius 2 is 2.19 bits per heavy atom. The molecule has 0 spiro atoms. The van der Waals surface area contributed by atoms with Gasteiger partial charge in [0.05, 0.1) is 12.2 Å². The van der Waals surface area contributed by atoms with Crippen molar-refractivity contribution in [2.75, 3.05) is 19.8 Å². The molecule has 0 aromatic carbocycles. The first-order valence-electron chi connectivity index (χ1n) is 5.84. The predicted molar refractivity (Wildman–Crippen MR) is 55.7 cm³/mol. The van der Waals surface area contributed by atoms with Crippen LogP contribution in [0.5, 0.6) is 0 Å². The van der Waals surface area contributed by atoms with Gasteiger partial charge in [-0.2, -0.15) is 0 Å². The van der Waals surface area contributed by atoms with Gasteiger partial charge in [0.1, 0.15) is 6.61 Å². The van der Waals surface area contributed by atoms with Gasteiger partial charge in [-0.05, 0) is 32.1 Å². The van der Waals surface area contributed by atoms with Crippen molar-refractivity contribution >= 4 is 0 Å². The smallest absolute Gasteiger partial charge is 0.261 e. The number of aliphatic hydroxyl groups excluding tert-OH is 1. The van der Waals surface area contributed by atoms with Crippen molar-refractivity contribution in [2.24, 2.45) is 0 Å². The average Bonchev–Trinajstić information content (AvgIpc) is 2.74. The number of alkyl halides is 2. The van der Waals surface area contributed by atoms with Crippen LogP contribution in [0.25, 0.3) is 0 Å². The van der Waals surface area contributed by atoms with Gasteiger partial charge >= 0.3 is 0 Å². The van der Waals surface area contributed by atoms with Crippen LogP contribution in [0.2, 0.25) is 0 Å². The minimum atomic E-state index is -2.43. The Labute approximate surface area is 94.7 Å². The lowest BCUT2D eigenvalue weighted by Crippen LogP contribution is -2.15. The monoisotopic (exact) mass is 238 g/mol. The molecule has 0 radical (unpaired) electrons. The summed E-state index contributed by atoms with van der Waals surface area (Å²) in [6, 6.07) is 0. The van der Waals surface area contributed by atoms with Gasteiger partial charge in [0.15, 0.2) is 0 Å². The minimum absolute atomic E-state index is 0.191. The van der Waals surface area contributed by atoms with Crippen LogP contribution in [0, 0.1) is 0 Å². The summed E-state index contributed by atoms with van der Waals surface area (Å²) >= 11 is 0. The molecular weight excluding hydrogens is 218 g/mol. The normalized spacial score (nSPS) is 22.9. The zero-order valence-electron chi connectivity index (χ0n) is 9.41. The van der Waals surface area contributed by atoms with Crippen molar-refractivity contribution in [1.29, 1.82) is 0 Å². The molecule has 0 aliphatic carbocycles. The summed E-state index contributed by atoms with van der Waals surface area (Å²) in [6.07, 6.45) is 1.45. The lowest BCUT2D eigenvalue weighted by atomic mass is 10.1. The van der Waals surface area contributed by atoms with E-state index in [1.165, 1.54) is 0 Å². The SMILES string of the molecule is OC(CCOCC(F)F)CCC1CCCO1. The Morgan fingerprint density at radius 1 is 1.38 bits per heavy atom. The Morgan fingerprint density at radius 3 is 2.81 bits per heavy atom. The van der Waals surface area contributed by atoms with Gasteiger partial charge in [-0.15, -0.1) is 0 Å². The molecule has 0 amide bonds. The van der Waals surface area contributed by atoms with Crippen LogP contribution in [-0.4, -0.2) is 43.6 Å². The summed E-state index contributed by atoms with van der Waals surface area (Å²) < 4.78 is 33.5. The van der Waals surface area contributed by atoms with E-state index in [0.29, 0.717) is 12.8 Å². The second kappa shape index (κ2) is 7.92. The fourth-order valence-corrected chi connectivity index (χ4v) is 1.79. The molecule has 0 bridgehead atoms. The molecule has 5 heteroatoms. The molecule has 2 atom stereocenters. The molecule has 2 unspecified atom stereocenters. The van der Waals surface area contributed by atoms with Crippen molar-refractivity contribution < 1.29 is 23.4 Å². The van der Waals surface area contributed by atoms with E-state index < -0.39 is 19.1 Å². The van der Waals surface area contributed by atoms with Gasteiger partial charge in [-0.3, -0.25) is 0 Å². The first-order chi connectivity index (χ1) is 7.68. The molecule has 0 aromatic heterocycles. The summed E-state index contributed by atoms with van der Waals surface area (Å²) in [7, 11) is 0. The number of aliphatic hydroxyl groups is 1. The maximum atomic E-state index is 11.7. The Hall–Kier alpha value is -0.260. The summed E-state index contributed by atoms with van der Waals surface area (Å²) in [4.78, 5) is 0. The first-order valence-corrected chi connectivity index (χ1v) is 5.84. The van der Waals surface area contributed by atoms with Crippen molar-refractivity contribution in [1.82, 2.24) is 0 Å². The maximum absolute atomic E-state index is 11.7. The highest BCUT2D eigenvalue weighted by Crippen LogP contribution is 2.18. The van der Waals surface area contributed by atoms with Gasteiger partial charge in [-0.25, -0.2) is 8.78 Å². The molecule has 1 rings (SSSR count). The van der Waals surface area contributed by atoms with Gasteiger partial charge in [-0.1, -0.05) is 0 Å². The zero-order valence-corrected chi connectivity index (χ0v) is 9.41. The second-order valence-electron chi connectivity index (χ2n) is 4.12. The van der Waals surface area contributed by atoms with Gasteiger partial charge in [0, 0.05) is 13.2 Å². The van der Waals surface area contributed by atoms with Crippen molar-refractivity contribution in [2.45, 2.75) is 50.7 Å². The molecule has 1 saturated heterocycles. The molecule has 0 saturated carbocycles. The average molecular weight is 238 g/mol. The predicted octanol–water partition coefficient (Wildman–Crippen LogP) is 1.98. The highest BCUT2D eigenvalue weighted by molar-refractivity contribution is 4.67. The Balaban J connectivity index is 1.91. The third kappa shape index (κ3) is 6.35. The van der Waals surface area contributed by atoms with Gasteiger partial charge in [0.2, 0.25) is 0 Å². The van der Waals surface area contributed by atoms with E-state index in [0.717, 1.165) is 25.9 Å². The number of halogens is 2. The number of hydrogen-bond donors (Lipinski definition) is 1. The van der Waals surface area contributed by atoms with E-state index in [1.807, 2.05) is 0 Å². The third-order valence-corrected chi connectivity index (χ3v) is 2.69. The van der Waals surface area contributed by atoms with Crippen LogP contribution in [0.15, 0.2) is 0 Å². The summed E-state index contributed by atoms with van der Waals surface area (Å²) in [5.41, 5.74) is 0. The fraction of sp³-hybridized carbons (Fsp3) is 1.00. The van der Waals surface area contributed by atoms with Crippen molar-refractivity contribution in [3.05, 3.63) is 0 Å². The molecule has 1 fully saturated rings. The molecule has 1 N–H and O–H groups in total. The van der Waals surface area contributed by atoms with Crippen LogP contribution >= 0.6 is 0 Å². The summed E-state index contributed by atoms with van der Waals surface area (Å²) in [5, 5.41) is 9.55. The number of ether oxygens (including phenoxy) is 2. The quantitative estimate of drug-likeness (QED) is 0.657. The van der Waals surface area contributed by atoms with E-state index in [1.54, 1.807) is 0 Å². The maximum Gasteiger partial charge on any atom is 0.261 e. The summed E-state index contributed by atoms with van der Waals surface area (Å²) in [6.45, 7) is 0.466. The molecule has 1 aliphatic rings. The second-order valence-corrected chi connectivity index (χ2v) is 4.12. The topological polar surface area (TPSA) is 38.7 Å². The van der Waals surface area contributed by atoms with Crippen LogP contribution in [0.4, 0.5) is 8.78 Å².